The predicted molar refractivity (Wildman–Crippen MR) is 160 cm³/mol. The van der Waals surface area contributed by atoms with E-state index in [1.807, 2.05) is 20.8 Å². The molecule has 5 rings (SSSR count). The van der Waals surface area contributed by atoms with Crippen molar-refractivity contribution in [2.75, 3.05) is 19.0 Å². The molecule has 0 aromatic rings. The summed E-state index contributed by atoms with van der Waals surface area (Å²) >= 11 is 1.44. The van der Waals surface area contributed by atoms with E-state index in [0.717, 1.165) is 32.1 Å². The summed E-state index contributed by atoms with van der Waals surface area (Å²) in [5, 5.41) is 25.0. The minimum atomic E-state index is -0.659. The summed E-state index contributed by atoms with van der Waals surface area (Å²) in [5.74, 6) is -0.372. The van der Waals surface area contributed by atoms with E-state index in [4.69, 9.17) is 18.9 Å². The number of nitrogens with one attached hydrogen (secondary N) is 1. The molecule has 5 aliphatic rings. The fourth-order valence-corrected chi connectivity index (χ4v) is 10.5. The van der Waals surface area contributed by atoms with Gasteiger partial charge in [0.05, 0.1) is 31.2 Å². The lowest BCUT2D eigenvalue weighted by atomic mass is 9.60. The van der Waals surface area contributed by atoms with Crippen LogP contribution in [0.3, 0.4) is 0 Å². The second-order valence-corrected chi connectivity index (χ2v) is 16.2. The molecule has 10 atom stereocenters. The SMILES string of the molecule is CC[C@H]1C[C@H](OC(=O)CS[C@@H]2CC[C@@H](NC(=O)OC(C)(C)C)C[C@H]2O)[C@]2(C)[C@H](C)C[C@]3(CCC4(OCCO4)[C@H]32)C[C@@H]1O. The number of esters is 1. The Morgan fingerprint density at radius 3 is 2.40 bits per heavy atom. The first-order valence-corrected chi connectivity index (χ1v) is 17.2. The lowest BCUT2D eigenvalue weighted by molar-refractivity contribution is -0.239. The van der Waals surface area contributed by atoms with Crippen molar-refractivity contribution in [3.63, 3.8) is 0 Å². The number of carbonyl (C=O) groups is 2. The first-order chi connectivity index (χ1) is 19.7. The van der Waals surface area contributed by atoms with Crippen molar-refractivity contribution in [1.29, 1.82) is 0 Å². The van der Waals surface area contributed by atoms with Crippen LogP contribution in [-0.2, 0) is 23.7 Å². The van der Waals surface area contributed by atoms with Gasteiger partial charge in [-0.2, -0.15) is 0 Å². The van der Waals surface area contributed by atoms with Gasteiger partial charge in [0.2, 0.25) is 0 Å². The van der Waals surface area contributed by atoms with Crippen LogP contribution in [0.1, 0.15) is 99.3 Å². The molecule has 2 bridgehead atoms. The summed E-state index contributed by atoms with van der Waals surface area (Å²) in [4.78, 5) is 25.7. The van der Waals surface area contributed by atoms with E-state index >= 15 is 0 Å². The minimum absolute atomic E-state index is 0.0579. The molecule has 0 unspecified atom stereocenters. The Balaban J connectivity index is 1.24. The zero-order valence-electron chi connectivity index (χ0n) is 26.4. The first kappa shape index (κ1) is 32.3. The van der Waals surface area contributed by atoms with Gasteiger partial charge in [-0.25, -0.2) is 4.79 Å². The van der Waals surface area contributed by atoms with Crippen LogP contribution in [-0.4, -0.2) is 82.2 Å². The number of rotatable bonds is 6. The topological polar surface area (TPSA) is 124 Å². The molecule has 1 saturated heterocycles. The maximum Gasteiger partial charge on any atom is 0.407 e. The molecule has 0 radical (unpaired) electrons. The van der Waals surface area contributed by atoms with Gasteiger partial charge in [-0.05, 0) is 83.0 Å². The second-order valence-electron chi connectivity index (χ2n) is 15.0. The summed E-state index contributed by atoms with van der Waals surface area (Å²) in [6, 6.07) is -0.159. The van der Waals surface area contributed by atoms with E-state index in [2.05, 4.69) is 26.1 Å². The van der Waals surface area contributed by atoms with Crippen molar-refractivity contribution >= 4 is 23.8 Å². The van der Waals surface area contributed by atoms with Crippen molar-refractivity contribution in [3.05, 3.63) is 0 Å². The molecule has 0 aromatic carbocycles. The van der Waals surface area contributed by atoms with E-state index in [-0.39, 0.29) is 57.7 Å². The van der Waals surface area contributed by atoms with E-state index in [1.54, 1.807) is 0 Å². The zero-order chi connectivity index (χ0) is 30.5. The highest BCUT2D eigenvalue weighted by atomic mass is 32.2. The van der Waals surface area contributed by atoms with Crippen LogP contribution in [0.4, 0.5) is 4.79 Å². The number of ether oxygens (including phenoxy) is 4. The number of alkyl carbamates (subject to hydrolysis) is 1. The second kappa shape index (κ2) is 12.0. The molecule has 4 aliphatic carbocycles. The Kier molecular flexibility index (Phi) is 9.26. The average Bonchev–Trinajstić information content (AvgIpc) is 3.54. The predicted octanol–water partition coefficient (Wildman–Crippen LogP) is 4.80. The molecule has 10 heteroatoms. The molecule has 1 heterocycles. The summed E-state index contributed by atoms with van der Waals surface area (Å²) < 4.78 is 24.5. The van der Waals surface area contributed by atoms with Crippen molar-refractivity contribution < 1.29 is 38.7 Å². The summed E-state index contributed by atoms with van der Waals surface area (Å²) in [6.45, 7) is 13.3. The Morgan fingerprint density at radius 2 is 1.76 bits per heavy atom. The van der Waals surface area contributed by atoms with Crippen molar-refractivity contribution in [3.8, 4) is 0 Å². The maximum absolute atomic E-state index is 13.5. The number of hydrogen-bond acceptors (Lipinski definition) is 9. The van der Waals surface area contributed by atoms with E-state index < -0.39 is 29.7 Å². The van der Waals surface area contributed by atoms with Gasteiger partial charge >= 0.3 is 12.1 Å². The third kappa shape index (κ3) is 6.09. The molecular weight excluding hydrogens is 558 g/mol. The summed E-state index contributed by atoms with van der Waals surface area (Å²) in [7, 11) is 0. The fourth-order valence-electron chi connectivity index (χ4n) is 9.40. The van der Waals surface area contributed by atoms with Gasteiger partial charge in [0, 0.05) is 29.0 Å². The standard InChI is InChI=1S/C32H53NO8S/c1-7-20-14-25(30(6)19(2)16-31(17-23(20)35)10-11-32(27(30)31)38-12-13-39-32)40-26(36)18-42-24-9-8-21(15-22(24)34)33-28(37)41-29(3,4)5/h19-25,27,34-35H,7-18H2,1-6H3,(H,33,37)/t19-,20+,21-,22-,23+,24-,25+,27+,30+,31-/m1/s1. The Labute approximate surface area is 255 Å². The Hall–Kier alpha value is -1.07. The quantitative estimate of drug-likeness (QED) is 0.363. The number of carbonyl (C=O) groups excluding carboxylic acids is 2. The van der Waals surface area contributed by atoms with Crippen LogP contribution in [0.5, 0.6) is 0 Å². The normalized spacial score (nSPS) is 43.0. The minimum Gasteiger partial charge on any atom is -0.461 e. The third-order valence-corrected chi connectivity index (χ3v) is 12.6. The number of aliphatic hydroxyl groups excluding tert-OH is 2. The number of amides is 1. The highest BCUT2D eigenvalue weighted by Crippen LogP contribution is 2.73. The average molecular weight is 612 g/mol. The van der Waals surface area contributed by atoms with Crippen molar-refractivity contribution in [1.82, 2.24) is 5.32 Å². The van der Waals surface area contributed by atoms with E-state index in [9.17, 15) is 19.8 Å². The molecule has 42 heavy (non-hydrogen) atoms. The van der Waals surface area contributed by atoms with Crippen LogP contribution in [0, 0.1) is 28.6 Å². The molecule has 1 aliphatic heterocycles. The van der Waals surface area contributed by atoms with Gasteiger partial charge in [0.25, 0.3) is 0 Å². The molecule has 4 saturated carbocycles. The van der Waals surface area contributed by atoms with Crippen LogP contribution >= 0.6 is 11.8 Å². The zero-order valence-corrected chi connectivity index (χ0v) is 27.2. The van der Waals surface area contributed by atoms with E-state index in [1.165, 1.54) is 11.8 Å². The lowest BCUT2D eigenvalue weighted by Crippen LogP contribution is -2.55. The van der Waals surface area contributed by atoms with Gasteiger partial charge in [0.1, 0.15) is 11.7 Å². The van der Waals surface area contributed by atoms with Crippen LogP contribution in [0.15, 0.2) is 0 Å². The van der Waals surface area contributed by atoms with Gasteiger partial charge in [-0.1, -0.05) is 27.2 Å². The largest absolute Gasteiger partial charge is 0.461 e. The molecule has 0 aromatic heterocycles. The van der Waals surface area contributed by atoms with Crippen LogP contribution < -0.4 is 5.32 Å². The monoisotopic (exact) mass is 611 g/mol. The third-order valence-electron chi connectivity index (χ3n) is 11.3. The molecule has 5 fully saturated rings. The molecule has 1 spiro atoms. The molecule has 3 N–H and O–H groups in total. The van der Waals surface area contributed by atoms with Crippen molar-refractivity contribution in [2.24, 2.45) is 28.6 Å². The summed E-state index contributed by atoms with van der Waals surface area (Å²) in [5.41, 5.74) is -0.993. The lowest BCUT2D eigenvalue weighted by Gasteiger charge is -2.51. The number of thioether (sulfide) groups is 1. The number of hydrogen-bond donors (Lipinski definition) is 3. The smallest absolute Gasteiger partial charge is 0.407 e. The molecule has 1 amide bonds. The van der Waals surface area contributed by atoms with Crippen LogP contribution in [0.25, 0.3) is 0 Å². The Morgan fingerprint density at radius 1 is 1.05 bits per heavy atom. The van der Waals surface area contributed by atoms with Gasteiger partial charge < -0.3 is 34.5 Å². The van der Waals surface area contributed by atoms with Gasteiger partial charge in [-0.3, -0.25) is 4.79 Å². The molecule has 9 nitrogen and oxygen atoms in total. The molecular formula is C32H53NO8S. The van der Waals surface area contributed by atoms with Crippen LogP contribution in [0.2, 0.25) is 0 Å². The molecule has 240 valence electrons. The highest BCUT2D eigenvalue weighted by molar-refractivity contribution is 8.00. The highest BCUT2D eigenvalue weighted by Gasteiger charge is 2.74. The van der Waals surface area contributed by atoms with Gasteiger partial charge in [-0.15, -0.1) is 11.8 Å². The Bertz CT molecular complexity index is 997. The fraction of sp³-hybridized carbons (Fsp3) is 0.938. The maximum atomic E-state index is 13.5. The van der Waals surface area contributed by atoms with Gasteiger partial charge in [0.15, 0.2) is 5.79 Å². The van der Waals surface area contributed by atoms with Crippen molar-refractivity contribution in [2.45, 2.75) is 140 Å². The van der Waals surface area contributed by atoms with E-state index in [0.29, 0.717) is 38.9 Å². The summed E-state index contributed by atoms with van der Waals surface area (Å²) in [6.07, 6.45) is 4.89. The first-order valence-electron chi connectivity index (χ1n) is 16.2. The number of aliphatic hydroxyl groups is 2.